The molecule has 0 aliphatic carbocycles. The van der Waals surface area contributed by atoms with E-state index in [1.165, 1.54) is 30.0 Å². The second-order valence-electron chi connectivity index (χ2n) is 4.81. The van der Waals surface area contributed by atoms with Gasteiger partial charge in [0.1, 0.15) is 0 Å². The van der Waals surface area contributed by atoms with Gasteiger partial charge in [-0.3, -0.25) is 4.79 Å². The van der Waals surface area contributed by atoms with E-state index in [9.17, 15) is 18.0 Å². The van der Waals surface area contributed by atoms with Crippen LogP contribution in [0.4, 0.5) is 13.2 Å². The maximum atomic E-state index is 13.0. The predicted octanol–water partition coefficient (Wildman–Crippen LogP) is 4.78. The van der Waals surface area contributed by atoms with Gasteiger partial charge in [0.15, 0.2) is 5.78 Å². The number of alkyl halides is 3. The Labute approximate surface area is 124 Å². The summed E-state index contributed by atoms with van der Waals surface area (Å²) in [5.41, 5.74) is -0.277. The number of fused-ring (bicyclic) bond motifs is 1. The molecule has 108 valence electrons. The van der Waals surface area contributed by atoms with E-state index in [4.69, 9.17) is 0 Å². The Balaban J connectivity index is 2.02. The topological polar surface area (TPSA) is 17.1 Å². The summed E-state index contributed by atoms with van der Waals surface area (Å²) in [5.74, 6) is -0.472. The molecule has 0 spiro atoms. The molecule has 0 radical (unpaired) electrons. The van der Waals surface area contributed by atoms with Crippen LogP contribution in [0.1, 0.15) is 27.4 Å². The normalized spacial score (nSPS) is 17.6. The van der Waals surface area contributed by atoms with Gasteiger partial charge in [0, 0.05) is 16.2 Å². The molecule has 1 heterocycles. The van der Waals surface area contributed by atoms with Crippen molar-refractivity contribution in [2.75, 3.05) is 5.75 Å². The quantitative estimate of drug-likeness (QED) is 0.743. The number of thioether (sulfide) groups is 1. The predicted molar refractivity (Wildman–Crippen MR) is 75.7 cm³/mol. The van der Waals surface area contributed by atoms with Gasteiger partial charge < -0.3 is 0 Å². The highest BCUT2D eigenvalue weighted by atomic mass is 32.2. The number of carbonyl (C=O) groups is 1. The van der Waals surface area contributed by atoms with Gasteiger partial charge >= 0.3 is 6.18 Å². The van der Waals surface area contributed by atoms with E-state index in [2.05, 4.69) is 0 Å². The molecule has 1 aliphatic heterocycles. The van der Waals surface area contributed by atoms with Crippen LogP contribution in [0.2, 0.25) is 0 Å². The highest BCUT2D eigenvalue weighted by molar-refractivity contribution is 7.99. The molecular formula is C16H11F3OS. The number of Topliss-reactive ketones (excluding diaryl/α,β-unsaturated/α-hetero) is 1. The summed E-state index contributed by atoms with van der Waals surface area (Å²) in [5, 5.41) is 0. The van der Waals surface area contributed by atoms with Crippen LogP contribution in [-0.4, -0.2) is 11.5 Å². The van der Waals surface area contributed by atoms with E-state index >= 15 is 0 Å². The molecule has 5 heteroatoms. The third kappa shape index (κ3) is 2.58. The van der Waals surface area contributed by atoms with Gasteiger partial charge in [-0.2, -0.15) is 13.2 Å². The van der Waals surface area contributed by atoms with Gasteiger partial charge in [0.05, 0.1) is 11.5 Å². The monoisotopic (exact) mass is 308 g/mol. The van der Waals surface area contributed by atoms with Crippen molar-refractivity contribution in [1.82, 2.24) is 0 Å². The van der Waals surface area contributed by atoms with Crippen LogP contribution in [0, 0.1) is 0 Å². The molecule has 0 N–H and O–H groups in total. The van der Waals surface area contributed by atoms with Gasteiger partial charge in [-0.25, -0.2) is 0 Å². The smallest absolute Gasteiger partial charge is 0.293 e. The number of hydrogen-bond donors (Lipinski definition) is 0. The van der Waals surface area contributed by atoms with Crippen molar-refractivity contribution in [1.29, 1.82) is 0 Å². The lowest BCUT2D eigenvalue weighted by molar-refractivity contribution is -0.137. The van der Waals surface area contributed by atoms with E-state index in [1.807, 2.05) is 18.2 Å². The number of halogens is 3. The fraction of sp³-hybridized carbons (Fsp3) is 0.188. The summed E-state index contributed by atoms with van der Waals surface area (Å²) >= 11 is 1.51. The second-order valence-corrected chi connectivity index (χ2v) is 5.87. The summed E-state index contributed by atoms with van der Waals surface area (Å²) in [6.45, 7) is 0. The molecule has 0 fully saturated rings. The van der Waals surface area contributed by atoms with E-state index in [1.54, 1.807) is 6.07 Å². The SMILES string of the molecule is O=C(c1ccccc1C(F)(F)F)C1CSc2ccccc21. The fourth-order valence-electron chi connectivity index (χ4n) is 2.51. The first kappa shape index (κ1) is 14.2. The van der Waals surface area contributed by atoms with Crippen molar-refractivity contribution >= 4 is 17.5 Å². The van der Waals surface area contributed by atoms with Gasteiger partial charge in [0.25, 0.3) is 0 Å². The number of carbonyl (C=O) groups excluding carboxylic acids is 1. The molecule has 3 rings (SSSR count). The second kappa shape index (κ2) is 5.22. The maximum Gasteiger partial charge on any atom is 0.417 e. The minimum atomic E-state index is -4.52. The van der Waals surface area contributed by atoms with Crippen LogP contribution in [0.3, 0.4) is 0 Å². The van der Waals surface area contributed by atoms with Gasteiger partial charge in [-0.1, -0.05) is 36.4 Å². The van der Waals surface area contributed by atoms with Crippen LogP contribution >= 0.6 is 11.8 Å². The van der Waals surface area contributed by atoms with Crippen molar-refractivity contribution in [3.8, 4) is 0 Å². The van der Waals surface area contributed by atoms with Crippen LogP contribution in [-0.2, 0) is 6.18 Å². The van der Waals surface area contributed by atoms with Crippen LogP contribution in [0.15, 0.2) is 53.4 Å². The summed E-state index contributed by atoms with van der Waals surface area (Å²) in [4.78, 5) is 13.5. The van der Waals surface area contributed by atoms with Crippen LogP contribution in [0.25, 0.3) is 0 Å². The molecule has 0 aromatic heterocycles. The number of hydrogen-bond acceptors (Lipinski definition) is 2. The summed E-state index contributed by atoms with van der Waals surface area (Å²) in [7, 11) is 0. The molecule has 2 aromatic rings. The van der Waals surface area contributed by atoms with Crippen molar-refractivity contribution in [2.24, 2.45) is 0 Å². The zero-order chi connectivity index (χ0) is 15.0. The van der Waals surface area contributed by atoms with E-state index in [0.717, 1.165) is 16.5 Å². The Morgan fingerprint density at radius 3 is 2.48 bits per heavy atom. The number of rotatable bonds is 2. The van der Waals surface area contributed by atoms with Crippen molar-refractivity contribution in [2.45, 2.75) is 17.0 Å². The van der Waals surface area contributed by atoms with Gasteiger partial charge in [0.2, 0.25) is 0 Å². The standard InChI is InChI=1S/C16H11F3OS/c17-16(18,19)13-7-3-1-6-11(13)15(20)12-9-21-14-8-4-2-5-10(12)14/h1-8,12H,9H2. The molecule has 1 nitrogen and oxygen atoms in total. The van der Waals surface area contributed by atoms with Crippen molar-refractivity contribution < 1.29 is 18.0 Å². The van der Waals surface area contributed by atoms with Crippen molar-refractivity contribution in [3.05, 3.63) is 65.2 Å². The van der Waals surface area contributed by atoms with Crippen LogP contribution in [0.5, 0.6) is 0 Å². The third-order valence-electron chi connectivity index (χ3n) is 3.51. The Hall–Kier alpha value is -1.75. The zero-order valence-corrected chi connectivity index (χ0v) is 11.7. The fourth-order valence-corrected chi connectivity index (χ4v) is 3.74. The molecule has 2 aromatic carbocycles. The Morgan fingerprint density at radius 1 is 1.05 bits per heavy atom. The first-order valence-corrected chi connectivity index (χ1v) is 7.39. The van der Waals surface area contributed by atoms with Gasteiger partial charge in [-0.05, 0) is 17.7 Å². The average Bonchev–Trinajstić information content (AvgIpc) is 2.89. The van der Waals surface area contributed by atoms with E-state index < -0.39 is 23.4 Å². The molecule has 1 unspecified atom stereocenters. The highest BCUT2D eigenvalue weighted by Crippen LogP contribution is 2.42. The highest BCUT2D eigenvalue weighted by Gasteiger charge is 2.38. The molecule has 0 saturated heterocycles. The summed E-state index contributed by atoms with van der Waals surface area (Å²) < 4.78 is 39.1. The van der Waals surface area contributed by atoms with Gasteiger partial charge in [-0.15, -0.1) is 11.8 Å². The van der Waals surface area contributed by atoms with Crippen LogP contribution < -0.4 is 0 Å². The lowest BCUT2D eigenvalue weighted by Crippen LogP contribution is -2.18. The maximum absolute atomic E-state index is 13.0. The Kier molecular flexibility index (Phi) is 3.53. The number of benzene rings is 2. The average molecular weight is 308 g/mol. The molecule has 0 saturated carbocycles. The molecule has 21 heavy (non-hydrogen) atoms. The lowest BCUT2D eigenvalue weighted by Gasteiger charge is -2.15. The zero-order valence-electron chi connectivity index (χ0n) is 10.9. The molecule has 0 amide bonds. The summed E-state index contributed by atoms with van der Waals surface area (Å²) in [6, 6.07) is 12.4. The first-order chi connectivity index (χ1) is 9.98. The minimum Gasteiger partial charge on any atom is -0.293 e. The molecule has 1 aliphatic rings. The molecule has 1 atom stereocenters. The van der Waals surface area contributed by atoms with E-state index in [0.29, 0.717) is 5.75 Å². The first-order valence-electron chi connectivity index (χ1n) is 6.40. The third-order valence-corrected chi connectivity index (χ3v) is 4.70. The Bertz CT molecular complexity index is 694. The number of ketones is 1. The van der Waals surface area contributed by atoms with Crippen molar-refractivity contribution in [3.63, 3.8) is 0 Å². The van der Waals surface area contributed by atoms with E-state index in [-0.39, 0.29) is 5.56 Å². The summed E-state index contributed by atoms with van der Waals surface area (Å²) in [6.07, 6.45) is -4.52. The Morgan fingerprint density at radius 2 is 1.71 bits per heavy atom. The largest absolute Gasteiger partial charge is 0.417 e. The molecular weight excluding hydrogens is 297 g/mol. The minimum absolute atomic E-state index is 0.243. The molecule has 0 bridgehead atoms. The lowest BCUT2D eigenvalue weighted by atomic mass is 9.90.